The highest BCUT2D eigenvalue weighted by Gasteiger charge is 2.20. The fourth-order valence-corrected chi connectivity index (χ4v) is 2.13. The van der Waals surface area contributed by atoms with E-state index in [9.17, 15) is 17.2 Å². The quantitative estimate of drug-likeness (QED) is 0.769. The molecule has 0 aromatic carbocycles. The van der Waals surface area contributed by atoms with Crippen LogP contribution in [0.1, 0.15) is 12.1 Å². The number of hydrogen-bond donors (Lipinski definition) is 0. The maximum Gasteiger partial charge on any atom is 0.280 e. The van der Waals surface area contributed by atoms with E-state index in [-0.39, 0.29) is 5.02 Å². The van der Waals surface area contributed by atoms with E-state index in [1.807, 2.05) is 0 Å². The van der Waals surface area contributed by atoms with Gasteiger partial charge in [0.2, 0.25) is 0 Å². The average molecular weight is 262 g/mol. The molecule has 0 aliphatic heterocycles. The van der Waals surface area contributed by atoms with Crippen molar-refractivity contribution in [2.24, 2.45) is 0 Å². The lowest BCUT2D eigenvalue weighted by Crippen LogP contribution is -2.00. The maximum absolute atomic E-state index is 12.1. The molecule has 3 nitrogen and oxygen atoms in total. The summed E-state index contributed by atoms with van der Waals surface area (Å²) < 4.78 is 45.9. The topological polar surface area (TPSA) is 47.0 Å². The van der Waals surface area contributed by atoms with Gasteiger partial charge < -0.3 is 0 Å². The fourth-order valence-electron chi connectivity index (χ4n) is 0.730. The molecule has 1 rings (SSSR count). The Morgan fingerprint density at radius 3 is 2.36 bits per heavy atom. The molecule has 0 N–H and O–H groups in total. The third-order valence-corrected chi connectivity index (χ3v) is 2.92. The van der Waals surface area contributed by atoms with Gasteiger partial charge in [-0.2, -0.15) is 0 Å². The van der Waals surface area contributed by atoms with Crippen molar-refractivity contribution in [1.29, 1.82) is 0 Å². The highest BCUT2D eigenvalue weighted by molar-refractivity contribution is 8.13. The Balaban J connectivity index is 3.37. The summed E-state index contributed by atoms with van der Waals surface area (Å²) in [6, 6.07) is 1.93. The zero-order valence-corrected chi connectivity index (χ0v) is 8.74. The second-order valence-corrected chi connectivity index (χ2v) is 5.15. The van der Waals surface area contributed by atoms with Crippen LogP contribution in [0.2, 0.25) is 5.02 Å². The number of hydrogen-bond acceptors (Lipinski definition) is 3. The van der Waals surface area contributed by atoms with Crippen LogP contribution in [0.25, 0.3) is 0 Å². The van der Waals surface area contributed by atoms with Gasteiger partial charge in [0, 0.05) is 10.7 Å². The van der Waals surface area contributed by atoms with Crippen LogP contribution >= 0.6 is 22.3 Å². The molecule has 1 aromatic heterocycles. The van der Waals surface area contributed by atoms with Gasteiger partial charge in [-0.1, -0.05) is 11.6 Å². The summed E-state index contributed by atoms with van der Waals surface area (Å²) in [5, 5.41) is -1.04. The van der Waals surface area contributed by atoms with Gasteiger partial charge in [0.15, 0.2) is 5.03 Å². The van der Waals surface area contributed by atoms with E-state index < -0.39 is 26.2 Å². The first-order valence-corrected chi connectivity index (χ1v) is 5.90. The zero-order valence-electron chi connectivity index (χ0n) is 6.42. The molecule has 0 saturated carbocycles. The van der Waals surface area contributed by atoms with Gasteiger partial charge in [-0.05, 0) is 12.1 Å². The lowest BCUT2D eigenvalue weighted by molar-refractivity contribution is 0.145. The molecule has 1 heterocycles. The monoisotopic (exact) mass is 261 g/mol. The molecule has 0 radical (unpaired) electrons. The van der Waals surface area contributed by atoms with Crippen molar-refractivity contribution < 1.29 is 17.2 Å². The molecule has 0 aliphatic rings. The molecule has 0 spiro atoms. The van der Waals surface area contributed by atoms with Crippen LogP contribution in [-0.4, -0.2) is 13.4 Å². The molecular formula is C6H3Cl2F2NO2S. The molecule has 0 saturated heterocycles. The van der Waals surface area contributed by atoms with E-state index in [1.54, 1.807) is 0 Å². The van der Waals surface area contributed by atoms with Crippen molar-refractivity contribution in [3.05, 3.63) is 22.8 Å². The molecule has 14 heavy (non-hydrogen) atoms. The Bertz CT molecular complexity index is 449. The summed E-state index contributed by atoms with van der Waals surface area (Å²) in [4.78, 5) is 3.14. The van der Waals surface area contributed by atoms with Gasteiger partial charge in [0.25, 0.3) is 15.5 Å². The number of pyridine rings is 1. The van der Waals surface area contributed by atoms with E-state index in [4.69, 9.17) is 22.3 Å². The highest BCUT2D eigenvalue weighted by Crippen LogP contribution is 2.26. The van der Waals surface area contributed by atoms with Crippen molar-refractivity contribution in [2.45, 2.75) is 11.5 Å². The van der Waals surface area contributed by atoms with Crippen LogP contribution in [0.4, 0.5) is 8.78 Å². The van der Waals surface area contributed by atoms with Crippen LogP contribution in [0, 0.1) is 0 Å². The zero-order chi connectivity index (χ0) is 10.9. The maximum atomic E-state index is 12.1. The Kier molecular flexibility index (Phi) is 3.28. The third kappa shape index (κ3) is 2.52. The first-order valence-electron chi connectivity index (χ1n) is 3.21. The van der Waals surface area contributed by atoms with Crippen molar-refractivity contribution in [3.8, 4) is 0 Å². The average Bonchev–Trinajstić information content (AvgIpc) is 2.02. The molecule has 0 atom stereocenters. The number of nitrogens with zero attached hydrogens (tertiary/aromatic N) is 1. The molecule has 0 amide bonds. The minimum atomic E-state index is -4.19. The van der Waals surface area contributed by atoms with Gasteiger partial charge in [-0.3, -0.25) is 0 Å². The summed E-state index contributed by atoms with van der Waals surface area (Å²) in [7, 11) is 0.727. The largest absolute Gasteiger partial charge is 0.280 e. The summed E-state index contributed by atoms with van der Waals surface area (Å²) in [6.45, 7) is 0. The van der Waals surface area contributed by atoms with E-state index >= 15 is 0 Å². The Hall–Kier alpha value is -0.460. The van der Waals surface area contributed by atoms with Crippen LogP contribution in [0.3, 0.4) is 0 Å². The molecule has 0 unspecified atom stereocenters. The Morgan fingerprint density at radius 2 is 1.93 bits per heavy atom. The molecule has 0 aliphatic carbocycles. The van der Waals surface area contributed by atoms with E-state index in [2.05, 4.69) is 4.98 Å². The minimum Gasteiger partial charge on any atom is -0.233 e. The first-order chi connectivity index (χ1) is 6.32. The van der Waals surface area contributed by atoms with Crippen LogP contribution in [0.15, 0.2) is 17.2 Å². The molecule has 1 aromatic rings. The number of rotatable bonds is 2. The SMILES string of the molecule is O=S(=O)(Cl)c1nc(C(F)F)ccc1Cl. The van der Waals surface area contributed by atoms with Crippen LogP contribution in [-0.2, 0) is 9.05 Å². The highest BCUT2D eigenvalue weighted by atomic mass is 35.7. The van der Waals surface area contributed by atoms with E-state index in [0.29, 0.717) is 0 Å². The van der Waals surface area contributed by atoms with Crippen molar-refractivity contribution in [1.82, 2.24) is 4.98 Å². The summed E-state index contributed by atoms with van der Waals surface area (Å²) >= 11 is 5.41. The third-order valence-electron chi connectivity index (χ3n) is 1.29. The summed E-state index contributed by atoms with van der Waals surface area (Å²) in [5.41, 5.74) is -0.686. The lowest BCUT2D eigenvalue weighted by Gasteiger charge is -2.02. The smallest absolute Gasteiger partial charge is 0.233 e. The second kappa shape index (κ2) is 3.96. The van der Waals surface area contributed by atoms with Crippen molar-refractivity contribution >= 4 is 31.3 Å². The summed E-state index contributed by atoms with van der Waals surface area (Å²) in [5.74, 6) is 0. The molecule has 8 heteroatoms. The molecule has 0 bridgehead atoms. The van der Waals surface area contributed by atoms with Crippen LogP contribution < -0.4 is 0 Å². The van der Waals surface area contributed by atoms with Gasteiger partial charge >= 0.3 is 0 Å². The predicted molar refractivity (Wildman–Crippen MR) is 47.2 cm³/mol. The van der Waals surface area contributed by atoms with Crippen LogP contribution in [0.5, 0.6) is 0 Å². The standard InChI is InChI=1S/C6H3Cl2F2NO2S/c7-3-1-2-4(5(9)10)11-6(3)14(8,12)13/h1-2,5H. The van der Waals surface area contributed by atoms with Crippen molar-refractivity contribution in [2.75, 3.05) is 0 Å². The minimum absolute atomic E-state index is 0.288. The van der Waals surface area contributed by atoms with E-state index in [0.717, 1.165) is 12.1 Å². The van der Waals surface area contributed by atoms with Gasteiger partial charge in [0.1, 0.15) is 5.69 Å². The van der Waals surface area contributed by atoms with Crippen molar-refractivity contribution in [3.63, 3.8) is 0 Å². The number of aromatic nitrogens is 1. The molecule has 78 valence electrons. The first kappa shape index (κ1) is 11.6. The fraction of sp³-hybridized carbons (Fsp3) is 0.167. The number of alkyl halides is 2. The van der Waals surface area contributed by atoms with Gasteiger partial charge in [-0.25, -0.2) is 22.2 Å². The summed E-state index contributed by atoms with van der Waals surface area (Å²) in [6.07, 6.45) is -2.87. The molecular weight excluding hydrogens is 259 g/mol. The lowest BCUT2D eigenvalue weighted by atomic mass is 10.4. The predicted octanol–water partition coefficient (Wildman–Crippen LogP) is 2.60. The second-order valence-electron chi connectivity index (χ2n) is 2.26. The Labute approximate surface area is 88.1 Å². The number of halogens is 4. The Morgan fingerprint density at radius 1 is 1.36 bits per heavy atom. The van der Waals surface area contributed by atoms with E-state index in [1.165, 1.54) is 0 Å². The van der Waals surface area contributed by atoms with Gasteiger partial charge in [0.05, 0.1) is 5.02 Å². The van der Waals surface area contributed by atoms with Gasteiger partial charge in [-0.15, -0.1) is 0 Å². The normalized spacial score (nSPS) is 12.1. The molecule has 0 fully saturated rings.